The van der Waals surface area contributed by atoms with Crippen LogP contribution in [0.1, 0.15) is 11.3 Å². The van der Waals surface area contributed by atoms with E-state index in [2.05, 4.69) is 20.9 Å². The van der Waals surface area contributed by atoms with E-state index in [1.54, 1.807) is 0 Å². The summed E-state index contributed by atoms with van der Waals surface area (Å²) >= 11 is 2.82. The first-order valence-corrected chi connectivity index (χ1v) is 3.90. The fourth-order valence-corrected chi connectivity index (χ4v) is 1.51. The molecule has 66 valence electrons. The van der Waals surface area contributed by atoms with E-state index in [4.69, 9.17) is 0 Å². The summed E-state index contributed by atoms with van der Waals surface area (Å²) in [6, 6.07) is 1.27. The van der Waals surface area contributed by atoms with E-state index in [9.17, 15) is 13.2 Å². The van der Waals surface area contributed by atoms with E-state index >= 15 is 0 Å². The molecule has 0 spiro atoms. The van der Waals surface area contributed by atoms with E-state index in [1.807, 2.05) is 0 Å². The van der Waals surface area contributed by atoms with E-state index in [0.29, 0.717) is 0 Å². The lowest BCUT2D eigenvalue weighted by Crippen LogP contribution is -2.09. The summed E-state index contributed by atoms with van der Waals surface area (Å²) in [6.45, 7) is 1.33. The number of aryl methyl sites for hydroxylation is 1. The normalized spacial score (nSPS) is 11.8. The molecule has 0 aromatic carbocycles. The van der Waals surface area contributed by atoms with Crippen LogP contribution in [0.15, 0.2) is 16.7 Å². The molecule has 0 aliphatic carbocycles. The molecule has 0 amide bonds. The van der Waals surface area contributed by atoms with Gasteiger partial charge in [-0.05, 0) is 13.0 Å². The minimum atomic E-state index is -4.34. The lowest BCUT2D eigenvalue weighted by molar-refractivity contribution is -0.138. The van der Waals surface area contributed by atoms with Gasteiger partial charge in [0.15, 0.2) is 0 Å². The van der Waals surface area contributed by atoms with E-state index in [1.165, 1.54) is 19.2 Å². The third-order valence-electron chi connectivity index (χ3n) is 1.37. The van der Waals surface area contributed by atoms with Crippen molar-refractivity contribution in [3.05, 3.63) is 28.0 Å². The summed E-state index contributed by atoms with van der Waals surface area (Å²) in [6.07, 6.45) is -3.01. The maximum atomic E-state index is 12.2. The third-order valence-corrected chi connectivity index (χ3v) is 2.03. The molecule has 0 bridgehead atoms. The lowest BCUT2D eigenvalue weighted by atomic mass is 10.2. The summed E-state index contributed by atoms with van der Waals surface area (Å²) < 4.78 is 36.7. The molecule has 12 heavy (non-hydrogen) atoms. The van der Waals surface area contributed by atoms with Crippen LogP contribution in [0.4, 0.5) is 13.2 Å². The first kappa shape index (κ1) is 9.51. The Labute approximate surface area is 75.7 Å². The maximum Gasteiger partial charge on any atom is 0.419 e. The highest BCUT2D eigenvalue weighted by atomic mass is 79.9. The van der Waals surface area contributed by atoms with Gasteiger partial charge < -0.3 is 0 Å². The van der Waals surface area contributed by atoms with Gasteiger partial charge in [-0.3, -0.25) is 4.98 Å². The van der Waals surface area contributed by atoms with Crippen molar-refractivity contribution in [2.24, 2.45) is 0 Å². The monoisotopic (exact) mass is 239 g/mol. The number of rotatable bonds is 0. The van der Waals surface area contributed by atoms with Crippen LogP contribution in [0.25, 0.3) is 0 Å². The minimum absolute atomic E-state index is 0.0168. The van der Waals surface area contributed by atoms with Crippen molar-refractivity contribution in [1.29, 1.82) is 0 Å². The minimum Gasteiger partial charge on any atom is -0.261 e. The van der Waals surface area contributed by atoms with Crippen LogP contribution in [-0.4, -0.2) is 4.98 Å². The van der Waals surface area contributed by atoms with Crippen molar-refractivity contribution in [3.8, 4) is 0 Å². The molecule has 1 rings (SSSR count). The topological polar surface area (TPSA) is 12.9 Å². The van der Waals surface area contributed by atoms with Gasteiger partial charge in [-0.1, -0.05) is 15.9 Å². The number of aromatic nitrogens is 1. The van der Waals surface area contributed by atoms with Gasteiger partial charge in [-0.15, -0.1) is 0 Å². The summed E-state index contributed by atoms with van der Waals surface area (Å²) in [5, 5.41) is 0. The van der Waals surface area contributed by atoms with Gasteiger partial charge in [0.1, 0.15) is 0 Å². The highest BCUT2D eigenvalue weighted by molar-refractivity contribution is 9.10. The lowest BCUT2D eigenvalue weighted by Gasteiger charge is -2.10. The van der Waals surface area contributed by atoms with Crippen molar-refractivity contribution < 1.29 is 13.2 Å². The predicted molar refractivity (Wildman–Crippen MR) is 41.7 cm³/mol. The van der Waals surface area contributed by atoms with Gasteiger partial charge in [0.2, 0.25) is 0 Å². The van der Waals surface area contributed by atoms with Crippen LogP contribution < -0.4 is 0 Å². The quantitative estimate of drug-likeness (QED) is 0.678. The molecule has 0 atom stereocenters. The summed E-state index contributed by atoms with van der Waals surface area (Å²) in [5.41, 5.74) is -0.720. The van der Waals surface area contributed by atoms with Gasteiger partial charge in [0, 0.05) is 10.7 Å². The number of hydrogen-bond donors (Lipinski definition) is 0. The fourth-order valence-electron chi connectivity index (χ4n) is 0.876. The molecule has 0 saturated heterocycles. The van der Waals surface area contributed by atoms with E-state index < -0.39 is 11.7 Å². The number of pyridine rings is 1. The second-order valence-electron chi connectivity index (χ2n) is 2.25. The fraction of sp³-hybridized carbons (Fsp3) is 0.286. The SMILES string of the molecule is Cc1nccc(Br)c1C(F)(F)F. The molecule has 5 heteroatoms. The molecule has 1 aromatic heterocycles. The third kappa shape index (κ3) is 1.77. The van der Waals surface area contributed by atoms with Gasteiger partial charge >= 0.3 is 6.18 Å². The molecular weight excluding hydrogens is 235 g/mol. The first-order chi connectivity index (χ1) is 5.43. The van der Waals surface area contributed by atoms with Crippen molar-refractivity contribution >= 4 is 15.9 Å². The number of hydrogen-bond acceptors (Lipinski definition) is 1. The van der Waals surface area contributed by atoms with Crippen LogP contribution in [0.2, 0.25) is 0 Å². The molecule has 0 unspecified atom stereocenters. The molecule has 0 radical (unpaired) electrons. The zero-order valence-corrected chi connectivity index (χ0v) is 7.70. The number of halogens is 4. The Balaban J connectivity index is 3.31. The Morgan fingerprint density at radius 1 is 1.42 bits per heavy atom. The van der Waals surface area contributed by atoms with Crippen LogP contribution in [0, 0.1) is 6.92 Å². The summed E-state index contributed by atoms with van der Waals surface area (Å²) in [5.74, 6) is 0. The average molecular weight is 240 g/mol. The zero-order valence-electron chi connectivity index (χ0n) is 6.11. The van der Waals surface area contributed by atoms with Crippen molar-refractivity contribution in [2.45, 2.75) is 13.1 Å². The summed E-state index contributed by atoms with van der Waals surface area (Å²) in [4.78, 5) is 3.56. The average Bonchev–Trinajstić information content (AvgIpc) is 1.82. The maximum absolute atomic E-state index is 12.2. The van der Waals surface area contributed by atoms with E-state index in [-0.39, 0.29) is 10.2 Å². The van der Waals surface area contributed by atoms with Crippen molar-refractivity contribution in [2.75, 3.05) is 0 Å². The molecular formula is C7H5BrF3N. The Bertz CT molecular complexity index is 275. The Morgan fingerprint density at radius 3 is 2.33 bits per heavy atom. The molecule has 1 heterocycles. The zero-order chi connectivity index (χ0) is 9.35. The molecule has 0 saturated carbocycles. The standard InChI is InChI=1S/C7H5BrF3N/c1-4-6(7(9,10)11)5(8)2-3-12-4/h2-3H,1H3. The second-order valence-corrected chi connectivity index (χ2v) is 3.11. The largest absolute Gasteiger partial charge is 0.419 e. The van der Waals surface area contributed by atoms with Gasteiger partial charge in [-0.25, -0.2) is 0 Å². The molecule has 0 aliphatic heterocycles. The van der Waals surface area contributed by atoms with Crippen molar-refractivity contribution in [1.82, 2.24) is 4.98 Å². The molecule has 0 N–H and O–H groups in total. The first-order valence-electron chi connectivity index (χ1n) is 3.11. The van der Waals surface area contributed by atoms with Gasteiger partial charge in [-0.2, -0.15) is 13.2 Å². The smallest absolute Gasteiger partial charge is 0.261 e. The Kier molecular flexibility index (Phi) is 2.41. The Hall–Kier alpha value is -0.580. The van der Waals surface area contributed by atoms with Crippen LogP contribution in [-0.2, 0) is 6.18 Å². The predicted octanol–water partition coefficient (Wildman–Crippen LogP) is 3.17. The number of nitrogens with zero attached hydrogens (tertiary/aromatic N) is 1. The molecule has 1 nitrogen and oxygen atoms in total. The van der Waals surface area contributed by atoms with Crippen LogP contribution in [0.3, 0.4) is 0 Å². The Morgan fingerprint density at radius 2 is 2.00 bits per heavy atom. The second kappa shape index (κ2) is 3.05. The molecule has 0 fully saturated rings. The van der Waals surface area contributed by atoms with E-state index in [0.717, 1.165) is 0 Å². The number of alkyl halides is 3. The summed E-state index contributed by atoms with van der Waals surface area (Å²) in [7, 11) is 0. The molecule has 0 aliphatic rings. The van der Waals surface area contributed by atoms with Crippen LogP contribution in [0.5, 0.6) is 0 Å². The molecule has 1 aromatic rings. The van der Waals surface area contributed by atoms with Gasteiger partial charge in [0.05, 0.1) is 11.3 Å². The van der Waals surface area contributed by atoms with Crippen molar-refractivity contribution in [3.63, 3.8) is 0 Å². The highest BCUT2D eigenvalue weighted by Crippen LogP contribution is 2.35. The van der Waals surface area contributed by atoms with Gasteiger partial charge in [0.25, 0.3) is 0 Å². The van der Waals surface area contributed by atoms with Crippen LogP contribution >= 0.6 is 15.9 Å². The highest BCUT2D eigenvalue weighted by Gasteiger charge is 2.35.